The van der Waals surface area contributed by atoms with E-state index in [0.29, 0.717) is 0 Å². The van der Waals surface area contributed by atoms with Crippen molar-refractivity contribution in [2.75, 3.05) is 20.8 Å². The van der Waals surface area contributed by atoms with Crippen molar-refractivity contribution < 1.29 is 18.8 Å². The fourth-order valence-electron chi connectivity index (χ4n) is 1.20. The molecule has 2 unspecified atom stereocenters. The Morgan fingerprint density at radius 2 is 1.82 bits per heavy atom. The molecule has 0 aromatic carbocycles. The van der Waals surface area contributed by atoms with E-state index in [4.69, 9.17) is 4.74 Å². The van der Waals surface area contributed by atoms with E-state index in [1.165, 1.54) is 14.2 Å². The maximum absolute atomic E-state index is 12.0. The molecule has 0 rings (SSSR count). The first-order valence-electron chi connectivity index (χ1n) is 5.40. The van der Waals surface area contributed by atoms with E-state index in [2.05, 4.69) is 9.46 Å². The van der Waals surface area contributed by atoms with Crippen LogP contribution in [0.2, 0.25) is 0 Å². The van der Waals surface area contributed by atoms with Gasteiger partial charge in [0.2, 0.25) is 0 Å². The van der Waals surface area contributed by atoms with Crippen molar-refractivity contribution in [1.82, 2.24) is 4.72 Å². The number of nitrogens with one attached hydrogen (secondary N) is 1. The lowest BCUT2D eigenvalue weighted by atomic mass is 10.0. The van der Waals surface area contributed by atoms with E-state index in [-0.39, 0.29) is 19.0 Å². The van der Waals surface area contributed by atoms with Crippen molar-refractivity contribution in [3.05, 3.63) is 0 Å². The number of hydrogen-bond donors (Lipinski definition) is 1. The average Bonchev–Trinajstić information content (AvgIpc) is 2.15. The SMILES string of the molecule is COCC(C)(CC(=O)OC)N[S+]([O-])C(C)(C)C. The molecule has 0 saturated heterocycles. The van der Waals surface area contributed by atoms with Gasteiger partial charge in [-0.15, -0.1) is 4.72 Å². The molecule has 2 atom stereocenters. The molecule has 102 valence electrons. The number of carbonyl (C=O) groups is 1. The fourth-order valence-corrected chi connectivity index (χ4v) is 2.09. The van der Waals surface area contributed by atoms with Gasteiger partial charge in [-0.2, -0.15) is 0 Å². The quantitative estimate of drug-likeness (QED) is 0.573. The number of rotatable bonds is 6. The van der Waals surface area contributed by atoms with Gasteiger partial charge in [0, 0.05) is 18.5 Å². The Balaban J connectivity index is 4.66. The van der Waals surface area contributed by atoms with E-state index in [9.17, 15) is 9.35 Å². The maximum atomic E-state index is 12.0. The van der Waals surface area contributed by atoms with Crippen LogP contribution in [0.15, 0.2) is 0 Å². The van der Waals surface area contributed by atoms with Crippen LogP contribution in [0.3, 0.4) is 0 Å². The number of hydrogen-bond acceptors (Lipinski definition) is 5. The Bertz CT molecular complexity index is 254. The van der Waals surface area contributed by atoms with Crippen LogP contribution in [0.5, 0.6) is 0 Å². The lowest BCUT2D eigenvalue weighted by Gasteiger charge is -2.33. The summed E-state index contributed by atoms with van der Waals surface area (Å²) in [6.45, 7) is 7.66. The Labute approximate surface area is 107 Å². The summed E-state index contributed by atoms with van der Waals surface area (Å²) in [4.78, 5) is 11.3. The summed E-state index contributed by atoms with van der Waals surface area (Å²) in [5, 5.41) is 0. The lowest BCUT2D eigenvalue weighted by molar-refractivity contribution is -0.142. The van der Waals surface area contributed by atoms with Crippen molar-refractivity contribution >= 4 is 17.3 Å². The molecule has 0 aliphatic carbocycles. The van der Waals surface area contributed by atoms with Gasteiger partial charge in [0.05, 0.1) is 25.7 Å². The molecule has 0 bridgehead atoms. The van der Waals surface area contributed by atoms with Crippen LogP contribution in [0.25, 0.3) is 0 Å². The summed E-state index contributed by atoms with van der Waals surface area (Å²) in [5.74, 6) is -0.358. The van der Waals surface area contributed by atoms with Crippen LogP contribution < -0.4 is 4.72 Å². The first kappa shape index (κ1) is 16.7. The zero-order valence-electron chi connectivity index (χ0n) is 11.5. The molecule has 0 fully saturated rings. The normalized spacial score (nSPS) is 17.4. The van der Waals surface area contributed by atoms with Crippen LogP contribution in [-0.2, 0) is 25.6 Å². The van der Waals surface area contributed by atoms with E-state index < -0.39 is 21.6 Å². The molecule has 0 aromatic heterocycles. The minimum atomic E-state index is -1.26. The van der Waals surface area contributed by atoms with Crippen molar-refractivity contribution in [1.29, 1.82) is 0 Å². The van der Waals surface area contributed by atoms with Gasteiger partial charge >= 0.3 is 5.97 Å². The zero-order chi connectivity index (χ0) is 13.7. The minimum absolute atomic E-state index is 0.110. The van der Waals surface area contributed by atoms with E-state index in [1.54, 1.807) is 6.92 Å². The van der Waals surface area contributed by atoms with Gasteiger partial charge in [0.15, 0.2) is 0 Å². The summed E-state index contributed by atoms with van der Waals surface area (Å²) in [5.41, 5.74) is -0.694. The molecular weight excluding hydrogens is 242 g/mol. The second kappa shape index (κ2) is 6.58. The average molecular weight is 265 g/mol. The summed E-state index contributed by atoms with van der Waals surface area (Å²) in [6, 6.07) is 0. The minimum Gasteiger partial charge on any atom is -0.598 e. The summed E-state index contributed by atoms with van der Waals surface area (Å²) in [6.07, 6.45) is 0.110. The second-order valence-electron chi connectivity index (χ2n) is 5.23. The molecular formula is C11H23NO4S. The third kappa shape index (κ3) is 6.26. The highest BCUT2D eigenvalue weighted by atomic mass is 32.2. The van der Waals surface area contributed by atoms with E-state index in [1.807, 2.05) is 20.8 Å². The van der Waals surface area contributed by atoms with Gasteiger partial charge < -0.3 is 14.0 Å². The number of methoxy groups -OCH3 is 2. The molecule has 0 aliphatic rings. The molecule has 0 aliphatic heterocycles. The Hall–Kier alpha value is -0.300. The van der Waals surface area contributed by atoms with Crippen LogP contribution in [0.1, 0.15) is 34.1 Å². The monoisotopic (exact) mass is 265 g/mol. The van der Waals surface area contributed by atoms with Crippen LogP contribution in [-0.4, -0.2) is 41.6 Å². The van der Waals surface area contributed by atoms with Gasteiger partial charge in [0.1, 0.15) is 4.75 Å². The molecule has 0 saturated carbocycles. The molecule has 17 heavy (non-hydrogen) atoms. The largest absolute Gasteiger partial charge is 0.598 e. The molecule has 0 spiro atoms. The van der Waals surface area contributed by atoms with Gasteiger partial charge in [-0.25, -0.2) is 0 Å². The molecule has 0 amide bonds. The van der Waals surface area contributed by atoms with E-state index in [0.717, 1.165) is 0 Å². The van der Waals surface area contributed by atoms with Crippen molar-refractivity contribution in [3.63, 3.8) is 0 Å². The van der Waals surface area contributed by atoms with Crippen molar-refractivity contribution in [2.45, 2.75) is 44.4 Å². The topological polar surface area (TPSA) is 70.6 Å². The van der Waals surface area contributed by atoms with Gasteiger partial charge in [-0.3, -0.25) is 4.79 Å². The summed E-state index contributed by atoms with van der Waals surface area (Å²) < 4.78 is 24.3. The van der Waals surface area contributed by atoms with Crippen LogP contribution >= 0.6 is 0 Å². The standard InChI is InChI=1S/C11H23NO4S/c1-10(2,3)17(14)12-11(4,8-15-5)7-9(13)16-6/h12H,7-8H2,1-6H3. The first-order valence-corrected chi connectivity index (χ1v) is 6.55. The highest BCUT2D eigenvalue weighted by Crippen LogP contribution is 2.20. The van der Waals surface area contributed by atoms with Crippen LogP contribution in [0.4, 0.5) is 0 Å². The third-order valence-electron chi connectivity index (χ3n) is 2.12. The molecule has 0 aromatic rings. The zero-order valence-corrected chi connectivity index (χ0v) is 12.3. The summed E-state index contributed by atoms with van der Waals surface area (Å²) >= 11 is -1.26. The molecule has 1 N–H and O–H groups in total. The first-order chi connectivity index (χ1) is 7.64. The third-order valence-corrected chi connectivity index (χ3v) is 3.91. The van der Waals surface area contributed by atoms with Gasteiger partial charge in [-0.1, -0.05) is 0 Å². The maximum Gasteiger partial charge on any atom is 0.307 e. The number of esters is 1. The smallest absolute Gasteiger partial charge is 0.307 e. The number of ether oxygens (including phenoxy) is 2. The van der Waals surface area contributed by atoms with E-state index >= 15 is 0 Å². The van der Waals surface area contributed by atoms with Crippen LogP contribution in [0, 0.1) is 0 Å². The highest BCUT2D eigenvalue weighted by molar-refractivity contribution is 7.90. The lowest BCUT2D eigenvalue weighted by Crippen LogP contribution is -2.55. The molecule has 0 heterocycles. The second-order valence-corrected chi connectivity index (χ2v) is 7.20. The summed E-state index contributed by atoms with van der Waals surface area (Å²) in [7, 11) is 2.87. The molecule has 6 heteroatoms. The highest BCUT2D eigenvalue weighted by Gasteiger charge is 2.37. The Kier molecular flexibility index (Phi) is 6.47. The fraction of sp³-hybridized carbons (Fsp3) is 0.909. The molecule has 5 nitrogen and oxygen atoms in total. The van der Waals surface area contributed by atoms with Crippen molar-refractivity contribution in [2.24, 2.45) is 0 Å². The molecule has 0 radical (unpaired) electrons. The Morgan fingerprint density at radius 1 is 1.29 bits per heavy atom. The van der Waals surface area contributed by atoms with Gasteiger partial charge in [0.25, 0.3) is 0 Å². The Morgan fingerprint density at radius 3 is 2.18 bits per heavy atom. The predicted octanol–water partition coefficient (Wildman–Crippen LogP) is 1.01. The predicted molar refractivity (Wildman–Crippen MR) is 67.9 cm³/mol. The number of carbonyl (C=O) groups excluding carboxylic acids is 1. The van der Waals surface area contributed by atoms with Gasteiger partial charge in [-0.05, 0) is 27.7 Å². The van der Waals surface area contributed by atoms with Crippen molar-refractivity contribution in [3.8, 4) is 0 Å².